The molecule has 1 fully saturated rings. The van der Waals surface area contributed by atoms with E-state index < -0.39 is 6.10 Å². The second-order valence-electron chi connectivity index (χ2n) is 7.84. The third kappa shape index (κ3) is 5.20. The summed E-state index contributed by atoms with van der Waals surface area (Å²) in [6.07, 6.45) is 9.83. The number of ether oxygens (including phenoxy) is 1. The molecule has 1 heterocycles. The van der Waals surface area contributed by atoms with Gasteiger partial charge in [-0.05, 0) is 56.7 Å². The molecule has 1 saturated heterocycles. The number of allylic oxidation sites excluding steroid dienone is 2. The lowest BCUT2D eigenvalue weighted by Crippen LogP contribution is -2.46. The third-order valence-electron chi connectivity index (χ3n) is 6.07. The molecule has 4 heteroatoms. The van der Waals surface area contributed by atoms with E-state index >= 15 is 0 Å². The fourth-order valence-corrected chi connectivity index (χ4v) is 4.53. The fourth-order valence-electron chi connectivity index (χ4n) is 4.53. The highest BCUT2D eigenvalue weighted by Gasteiger charge is 2.32. The summed E-state index contributed by atoms with van der Waals surface area (Å²) >= 11 is 0. The Morgan fingerprint density at radius 3 is 2.70 bits per heavy atom. The number of hydrogen-bond acceptors (Lipinski definition) is 3. The van der Waals surface area contributed by atoms with E-state index in [-0.39, 0.29) is 5.91 Å². The Bertz CT molecular complexity index is 616. The van der Waals surface area contributed by atoms with Crippen molar-refractivity contribution in [1.82, 2.24) is 9.80 Å². The van der Waals surface area contributed by atoms with Crippen LogP contribution in [0.4, 0.5) is 0 Å². The van der Waals surface area contributed by atoms with Gasteiger partial charge in [-0.25, -0.2) is 0 Å². The number of likely N-dealkylation sites (tertiary alicyclic amines) is 1. The number of methoxy groups -OCH3 is 1. The van der Waals surface area contributed by atoms with Gasteiger partial charge in [0, 0.05) is 26.2 Å². The average Bonchev–Trinajstić information content (AvgIpc) is 3.17. The molecule has 0 aromatic heterocycles. The molecule has 27 heavy (non-hydrogen) atoms. The van der Waals surface area contributed by atoms with E-state index in [0.29, 0.717) is 12.0 Å². The van der Waals surface area contributed by atoms with Crippen molar-refractivity contribution in [3.8, 4) is 0 Å². The molecule has 0 spiro atoms. The van der Waals surface area contributed by atoms with Crippen LogP contribution < -0.4 is 0 Å². The Hall–Kier alpha value is -1.65. The van der Waals surface area contributed by atoms with Gasteiger partial charge in [-0.1, -0.05) is 49.4 Å². The molecule has 0 unspecified atom stereocenters. The van der Waals surface area contributed by atoms with E-state index in [0.717, 1.165) is 44.6 Å². The molecule has 3 atom stereocenters. The zero-order valence-corrected chi connectivity index (χ0v) is 16.8. The van der Waals surface area contributed by atoms with Crippen LogP contribution in [0.15, 0.2) is 42.5 Å². The van der Waals surface area contributed by atoms with Crippen molar-refractivity contribution in [2.24, 2.45) is 5.92 Å². The summed E-state index contributed by atoms with van der Waals surface area (Å²) in [5, 5.41) is 0. The van der Waals surface area contributed by atoms with E-state index in [1.165, 1.54) is 19.3 Å². The van der Waals surface area contributed by atoms with Gasteiger partial charge in [0.15, 0.2) is 6.10 Å². The van der Waals surface area contributed by atoms with E-state index in [1.807, 2.05) is 30.3 Å². The Morgan fingerprint density at radius 2 is 2.04 bits per heavy atom. The standard InChI is InChI=1S/C23H34N2O2/c1-3-24-16-10-15-21(24)18-25(17-19-11-6-4-7-12-19)23(26)22(27-2)20-13-8-5-9-14-20/h4-6,8-9,13-14,19,21-22H,3,7,10-12,15-18H2,1-2H3/t19-,21+,22+/m0/s1. The van der Waals surface area contributed by atoms with Crippen LogP contribution in [-0.2, 0) is 9.53 Å². The highest BCUT2D eigenvalue weighted by atomic mass is 16.5. The molecule has 148 valence electrons. The quantitative estimate of drug-likeness (QED) is 0.648. The van der Waals surface area contributed by atoms with Gasteiger partial charge in [0.1, 0.15) is 0 Å². The predicted octanol–water partition coefficient (Wildman–Crippen LogP) is 4.04. The average molecular weight is 371 g/mol. The SMILES string of the molecule is CCN1CCC[C@@H]1CN(C[C@H]1CC=CCC1)C(=O)[C@H](OC)c1ccccc1. The largest absolute Gasteiger partial charge is 0.367 e. The minimum absolute atomic E-state index is 0.112. The maximum atomic E-state index is 13.5. The minimum Gasteiger partial charge on any atom is -0.367 e. The van der Waals surface area contributed by atoms with Gasteiger partial charge >= 0.3 is 0 Å². The summed E-state index contributed by atoms with van der Waals surface area (Å²) in [6, 6.07) is 10.4. The first-order valence-corrected chi connectivity index (χ1v) is 10.5. The molecule has 0 N–H and O–H groups in total. The van der Waals surface area contributed by atoms with Crippen LogP contribution in [0.2, 0.25) is 0 Å². The van der Waals surface area contributed by atoms with Crippen LogP contribution in [0.5, 0.6) is 0 Å². The molecule has 1 aromatic rings. The molecule has 1 aliphatic carbocycles. The normalized spacial score (nSPS) is 24.1. The number of amides is 1. The Kier molecular flexibility index (Phi) is 7.48. The molecule has 0 radical (unpaired) electrons. The highest BCUT2D eigenvalue weighted by molar-refractivity contribution is 5.82. The summed E-state index contributed by atoms with van der Waals surface area (Å²) < 4.78 is 5.67. The van der Waals surface area contributed by atoms with Crippen molar-refractivity contribution < 1.29 is 9.53 Å². The second-order valence-corrected chi connectivity index (χ2v) is 7.84. The lowest BCUT2D eigenvalue weighted by molar-refractivity contribution is -0.144. The van der Waals surface area contributed by atoms with E-state index in [4.69, 9.17) is 4.74 Å². The first kappa shape index (κ1) is 20.1. The number of hydrogen-bond donors (Lipinski definition) is 0. The number of nitrogens with zero attached hydrogens (tertiary/aromatic N) is 2. The van der Waals surface area contributed by atoms with Gasteiger partial charge in [0.05, 0.1) is 0 Å². The molecule has 0 bridgehead atoms. The Labute approximate surface area is 164 Å². The van der Waals surface area contributed by atoms with Crippen LogP contribution in [-0.4, -0.2) is 55.0 Å². The van der Waals surface area contributed by atoms with Crippen LogP contribution >= 0.6 is 0 Å². The zero-order valence-electron chi connectivity index (χ0n) is 16.8. The monoisotopic (exact) mass is 370 g/mol. The Balaban J connectivity index is 1.76. The van der Waals surface area contributed by atoms with Crippen molar-refractivity contribution in [3.63, 3.8) is 0 Å². The lowest BCUT2D eigenvalue weighted by Gasteiger charge is -2.35. The number of carbonyl (C=O) groups is 1. The summed E-state index contributed by atoms with van der Waals surface area (Å²) in [4.78, 5) is 18.1. The zero-order chi connectivity index (χ0) is 19.1. The number of rotatable bonds is 8. The van der Waals surface area contributed by atoms with Gasteiger partial charge < -0.3 is 9.64 Å². The molecule has 4 nitrogen and oxygen atoms in total. The van der Waals surface area contributed by atoms with Gasteiger partial charge in [-0.3, -0.25) is 9.69 Å². The van der Waals surface area contributed by atoms with Crippen molar-refractivity contribution in [2.45, 2.75) is 51.2 Å². The highest BCUT2D eigenvalue weighted by Crippen LogP contribution is 2.26. The van der Waals surface area contributed by atoms with Crippen molar-refractivity contribution in [3.05, 3.63) is 48.0 Å². The Morgan fingerprint density at radius 1 is 1.22 bits per heavy atom. The van der Waals surface area contributed by atoms with E-state index in [1.54, 1.807) is 7.11 Å². The third-order valence-corrected chi connectivity index (χ3v) is 6.07. The number of benzene rings is 1. The molecule has 1 amide bonds. The molecule has 0 saturated carbocycles. The maximum absolute atomic E-state index is 13.5. The fraction of sp³-hybridized carbons (Fsp3) is 0.609. The van der Waals surface area contributed by atoms with Gasteiger partial charge in [0.2, 0.25) is 0 Å². The smallest absolute Gasteiger partial charge is 0.256 e. The van der Waals surface area contributed by atoms with Crippen LogP contribution in [0.1, 0.15) is 50.7 Å². The van der Waals surface area contributed by atoms with Gasteiger partial charge in [0.25, 0.3) is 5.91 Å². The molecule has 3 rings (SSSR count). The molecule has 1 aliphatic heterocycles. The minimum atomic E-state index is -0.512. The van der Waals surface area contributed by atoms with E-state index in [9.17, 15) is 4.79 Å². The van der Waals surface area contributed by atoms with Crippen molar-refractivity contribution in [1.29, 1.82) is 0 Å². The molecule has 2 aliphatic rings. The number of carbonyl (C=O) groups excluding carboxylic acids is 1. The molecular formula is C23H34N2O2. The summed E-state index contributed by atoms with van der Waals surface area (Å²) in [6.45, 7) is 6.09. The second kappa shape index (κ2) is 10.0. The van der Waals surface area contributed by atoms with Gasteiger partial charge in [-0.15, -0.1) is 0 Å². The molecule has 1 aromatic carbocycles. The maximum Gasteiger partial charge on any atom is 0.256 e. The first-order valence-electron chi connectivity index (χ1n) is 10.5. The van der Waals surface area contributed by atoms with Crippen molar-refractivity contribution in [2.75, 3.05) is 33.3 Å². The van der Waals surface area contributed by atoms with Crippen molar-refractivity contribution >= 4 is 5.91 Å². The van der Waals surface area contributed by atoms with Crippen LogP contribution in [0.3, 0.4) is 0 Å². The van der Waals surface area contributed by atoms with E-state index in [2.05, 4.69) is 28.9 Å². The first-order chi connectivity index (χ1) is 13.2. The predicted molar refractivity (Wildman–Crippen MR) is 110 cm³/mol. The summed E-state index contributed by atoms with van der Waals surface area (Å²) in [7, 11) is 1.64. The summed E-state index contributed by atoms with van der Waals surface area (Å²) in [5.41, 5.74) is 0.942. The molecular weight excluding hydrogens is 336 g/mol. The topological polar surface area (TPSA) is 32.8 Å². The number of likely N-dealkylation sites (N-methyl/N-ethyl adjacent to an activating group) is 1. The van der Waals surface area contributed by atoms with Gasteiger partial charge in [-0.2, -0.15) is 0 Å². The van der Waals surface area contributed by atoms with Crippen LogP contribution in [0, 0.1) is 5.92 Å². The van der Waals surface area contributed by atoms with Crippen LogP contribution in [0.25, 0.3) is 0 Å². The lowest BCUT2D eigenvalue weighted by atomic mass is 9.93. The summed E-state index contributed by atoms with van der Waals surface area (Å²) in [5.74, 6) is 0.671.